The summed E-state index contributed by atoms with van der Waals surface area (Å²) in [6, 6.07) is 5.45. The first-order valence-corrected chi connectivity index (χ1v) is 5.78. The molecule has 0 aromatic heterocycles. The van der Waals surface area contributed by atoms with Gasteiger partial charge in [-0.3, -0.25) is 0 Å². The van der Waals surface area contributed by atoms with Gasteiger partial charge in [-0.2, -0.15) is 0 Å². The molecule has 0 aliphatic heterocycles. The van der Waals surface area contributed by atoms with E-state index in [2.05, 4.69) is 0 Å². The molecule has 17 heavy (non-hydrogen) atoms. The number of unbranched alkanes of at least 4 members (excludes halogenated alkanes) is 1. The number of carbonyl (C=O) groups is 1. The van der Waals surface area contributed by atoms with E-state index >= 15 is 0 Å². The van der Waals surface area contributed by atoms with E-state index in [0.717, 1.165) is 18.4 Å². The van der Waals surface area contributed by atoms with Gasteiger partial charge in [-0.15, -0.1) is 0 Å². The number of esters is 1. The van der Waals surface area contributed by atoms with Crippen molar-refractivity contribution in [2.75, 3.05) is 18.9 Å². The molecule has 4 nitrogen and oxygen atoms in total. The fourth-order valence-electron chi connectivity index (χ4n) is 1.28. The van der Waals surface area contributed by atoms with E-state index in [1.807, 2.05) is 19.9 Å². The van der Waals surface area contributed by atoms with Crippen molar-refractivity contribution in [1.82, 2.24) is 0 Å². The van der Waals surface area contributed by atoms with Crippen LogP contribution in [0.1, 0.15) is 25.3 Å². The zero-order chi connectivity index (χ0) is 12.7. The lowest BCUT2D eigenvalue weighted by Crippen LogP contribution is -2.16. The second-order valence-corrected chi connectivity index (χ2v) is 3.90. The van der Waals surface area contributed by atoms with Gasteiger partial charge in [0.1, 0.15) is 5.75 Å². The molecule has 0 radical (unpaired) electrons. The van der Waals surface area contributed by atoms with E-state index in [9.17, 15) is 4.79 Å². The summed E-state index contributed by atoms with van der Waals surface area (Å²) < 4.78 is 10.3. The molecule has 0 fully saturated rings. The molecule has 1 rings (SSSR count). The normalized spacial score (nSPS) is 10.0. The quantitative estimate of drug-likeness (QED) is 0.468. The van der Waals surface area contributed by atoms with Gasteiger partial charge >= 0.3 is 5.97 Å². The van der Waals surface area contributed by atoms with Crippen LogP contribution in [-0.2, 0) is 9.53 Å². The molecule has 0 spiro atoms. The van der Waals surface area contributed by atoms with Gasteiger partial charge in [-0.1, -0.05) is 19.4 Å². The van der Waals surface area contributed by atoms with Crippen molar-refractivity contribution in [3.05, 3.63) is 23.8 Å². The summed E-state index contributed by atoms with van der Waals surface area (Å²) in [5.41, 5.74) is 7.28. The number of carbonyl (C=O) groups excluding carboxylic acids is 1. The number of anilines is 1. The van der Waals surface area contributed by atoms with Crippen molar-refractivity contribution in [3.63, 3.8) is 0 Å². The summed E-state index contributed by atoms with van der Waals surface area (Å²) in [5.74, 6) is 0.164. The second-order valence-electron chi connectivity index (χ2n) is 3.90. The third-order valence-corrected chi connectivity index (χ3v) is 2.28. The Morgan fingerprint density at radius 1 is 1.41 bits per heavy atom. The van der Waals surface area contributed by atoms with Crippen LogP contribution in [0.2, 0.25) is 0 Å². The summed E-state index contributed by atoms with van der Waals surface area (Å²) in [4.78, 5) is 11.3. The number of benzene rings is 1. The van der Waals surface area contributed by atoms with E-state index in [0.29, 0.717) is 18.0 Å². The minimum Gasteiger partial charge on any atom is -0.480 e. The summed E-state index contributed by atoms with van der Waals surface area (Å²) in [5, 5.41) is 0. The average Bonchev–Trinajstić information content (AvgIpc) is 2.31. The largest absolute Gasteiger partial charge is 0.480 e. The second kappa shape index (κ2) is 6.78. The van der Waals surface area contributed by atoms with Gasteiger partial charge in [0.05, 0.1) is 12.3 Å². The minimum absolute atomic E-state index is 0.0998. The molecule has 0 amide bonds. The number of rotatable bonds is 6. The van der Waals surface area contributed by atoms with Crippen molar-refractivity contribution >= 4 is 11.7 Å². The summed E-state index contributed by atoms with van der Waals surface area (Å²) >= 11 is 0. The monoisotopic (exact) mass is 237 g/mol. The number of aryl methyl sites for hydroxylation is 1. The highest BCUT2D eigenvalue weighted by Crippen LogP contribution is 2.22. The Bertz CT molecular complexity index is 377. The van der Waals surface area contributed by atoms with Crippen LogP contribution in [0.25, 0.3) is 0 Å². The number of nitrogens with two attached hydrogens (primary N) is 1. The van der Waals surface area contributed by atoms with E-state index < -0.39 is 0 Å². The molecule has 0 saturated heterocycles. The van der Waals surface area contributed by atoms with E-state index in [1.54, 1.807) is 12.1 Å². The fraction of sp³-hybridized carbons (Fsp3) is 0.462. The van der Waals surface area contributed by atoms with E-state index in [1.165, 1.54) is 0 Å². The van der Waals surface area contributed by atoms with E-state index in [4.69, 9.17) is 15.2 Å². The van der Waals surface area contributed by atoms with Crippen molar-refractivity contribution in [3.8, 4) is 5.75 Å². The van der Waals surface area contributed by atoms with E-state index in [-0.39, 0.29) is 12.6 Å². The highest BCUT2D eigenvalue weighted by Gasteiger charge is 2.06. The van der Waals surface area contributed by atoms with Crippen LogP contribution in [0.3, 0.4) is 0 Å². The highest BCUT2D eigenvalue weighted by molar-refractivity contribution is 5.71. The molecule has 0 aliphatic carbocycles. The molecule has 94 valence electrons. The number of hydrogen-bond donors (Lipinski definition) is 1. The van der Waals surface area contributed by atoms with Gasteiger partial charge < -0.3 is 15.2 Å². The van der Waals surface area contributed by atoms with Crippen molar-refractivity contribution < 1.29 is 14.3 Å². The van der Waals surface area contributed by atoms with Gasteiger partial charge in [0, 0.05) is 0 Å². The topological polar surface area (TPSA) is 61.5 Å². The lowest BCUT2D eigenvalue weighted by molar-refractivity contribution is -0.146. The molecule has 2 N–H and O–H groups in total. The van der Waals surface area contributed by atoms with Gasteiger partial charge in [-0.25, -0.2) is 4.79 Å². The average molecular weight is 237 g/mol. The third kappa shape index (κ3) is 4.76. The van der Waals surface area contributed by atoms with Gasteiger partial charge in [-0.05, 0) is 31.0 Å². The molecule has 1 aromatic rings. The fourth-order valence-corrected chi connectivity index (χ4v) is 1.28. The lowest BCUT2D eigenvalue weighted by atomic mass is 10.2. The Morgan fingerprint density at radius 2 is 2.18 bits per heavy atom. The third-order valence-electron chi connectivity index (χ3n) is 2.28. The van der Waals surface area contributed by atoms with Crippen LogP contribution < -0.4 is 10.5 Å². The van der Waals surface area contributed by atoms with Crippen LogP contribution >= 0.6 is 0 Å². The van der Waals surface area contributed by atoms with Gasteiger partial charge in [0.15, 0.2) is 6.61 Å². The predicted molar refractivity (Wildman–Crippen MR) is 67.0 cm³/mol. The molecule has 0 aliphatic rings. The van der Waals surface area contributed by atoms with Crippen molar-refractivity contribution in [2.45, 2.75) is 26.7 Å². The first-order valence-electron chi connectivity index (χ1n) is 5.78. The first kappa shape index (κ1) is 13.4. The van der Waals surface area contributed by atoms with Crippen LogP contribution in [0.5, 0.6) is 5.75 Å². The molecule has 0 saturated carbocycles. The molecule has 0 heterocycles. The number of hydrogen-bond acceptors (Lipinski definition) is 4. The molecule has 0 bridgehead atoms. The molecule has 0 atom stereocenters. The highest BCUT2D eigenvalue weighted by atomic mass is 16.6. The first-order chi connectivity index (χ1) is 8.13. The maximum Gasteiger partial charge on any atom is 0.344 e. The number of ether oxygens (including phenoxy) is 2. The predicted octanol–water partition coefficient (Wildman–Crippen LogP) is 2.30. The van der Waals surface area contributed by atoms with Gasteiger partial charge in [0.25, 0.3) is 0 Å². The number of nitrogen functional groups attached to an aromatic ring is 1. The molecular weight excluding hydrogens is 218 g/mol. The Hall–Kier alpha value is -1.71. The standard InChI is InChI=1S/C13H19NO3/c1-3-4-7-16-13(15)9-17-12-8-10(2)5-6-11(12)14/h5-6,8H,3-4,7,9,14H2,1-2H3. The van der Waals surface area contributed by atoms with Gasteiger partial charge in [0.2, 0.25) is 0 Å². The van der Waals surface area contributed by atoms with Crippen LogP contribution in [0, 0.1) is 6.92 Å². The molecule has 1 aromatic carbocycles. The van der Waals surface area contributed by atoms with Crippen molar-refractivity contribution in [1.29, 1.82) is 0 Å². The zero-order valence-electron chi connectivity index (χ0n) is 10.4. The molecule has 4 heteroatoms. The Balaban J connectivity index is 2.39. The summed E-state index contributed by atoms with van der Waals surface area (Å²) in [6.07, 6.45) is 1.87. The zero-order valence-corrected chi connectivity index (χ0v) is 10.4. The van der Waals surface area contributed by atoms with Crippen LogP contribution in [-0.4, -0.2) is 19.2 Å². The summed E-state index contributed by atoms with van der Waals surface area (Å²) in [6.45, 7) is 4.32. The lowest BCUT2D eigenvalue weighted by Gasteiger charge is -2.09. The van der Waals surface area contributed by atoms with Crippen LogP contribution in [0.15, 0.2) is 18.2 Å². The Kier molecular flexibility index (Phi) is 5.33. The molecule has 0 unspecified atom stereocenters. The van der Waals surface area contributed by atoms with Crippen LogP contribution in [0.4, 0.5) is 5.69 Å². The summed E-state index contributed by atoms with van der Waals surface area (Å²) in [7, 11) is 0. The maximum absolute atomic E-state index is 11.3. The minimum atomic E-state index is -0.362. The smallest absolute Gasteiger partial charge is 0.344 e. The Labute approximate surface area is 102 Å². The SMILES string of the molecule is CCCCOC(=O)COc1cc(C)ccc1N. The Morgan fingerprint density at radius 3 is 2.88 bits per heavy atom. The van der Waals surface area contributed by atoms with Crippen molar-refractivity contribution in [2.24, 2.45) is 0 Å². The molecular formula is C13H19NO3. The maximum atomic E-state index is 11.3.